The quantitative estimate of drug-likeness (QED) is 0.606. The van der Waals surface area contributed by atoms with E-state index in [1.807, 2.05) is 36.1 Å². The molecule has 1 aliphatic heterocycles. The fraction of sp³-hybridized carbons (Fsp3) is 0.478. The first-order valence-corrected chi connectivity index (χ1v) is 10.9. The van der Waals surface area contributed by atoms with Gasteiger partial charge in [0.2, 0.25) is 5.91 Å². The summed E-state index contributed by atoms with van der Waals surface area (Å²) < 4.78 is 6.86. The van der Waals surface area contributed by atoms with Crippen molar-refractivity contribution in [1.82, 2.24) is 19.4 Å². The molecule has 0 spiro atoms. The van der Waals surface area contributed by atoms with Crippen molar-refractivity contribution in [3.8, 4) is 0 Å². The molecular weight excluding hydrogens is 394 g/mol. The Morgan fingerprint density at radius 3 is 2.61 bits per heavy atom. The third kappa shape index (κ3) is 4.62. The van der Waals surface area contributed by atoms with Gasteiger partial charge < -0.3 is 14.2 Å². The molecule has 0 atom stereocenters. The van der Waals surface area contributed by atoms with E-state index in [0.717, 1.165) is 35.9 Å². The third-order valence-electron chi connectivity index (χ3n) is 5.68. The molecular formula is C23H29N5O3. The number of hydrogen-bond donors (Lipinski definition) is 0. The summed E-state index contributed by atoms with van der Waals surface area (Å²) in [5.74, 6) is 1.83. The van der Waals surface area contributed by atoms with Crippen LogP contribution in [0.1, 0.15) is 44.1 Å². The summed E-state index contributed by atoms with van der Waals surface area (Å²) in [4.78, 5) is 38.1. The lowest BCUT2D eigenvalue weighted by atomic mass is 10.2. The number of benzene rings is 1. The molecule has 1 fully saturated rings. The highest BCUT2D eigenvalue weighted by atomic mass is 16.4. The number of carbonyl (C=O) groups is 1. The molecule has 3 heterocycles. The molecule has 164 valence electrons. The van der Waals surface area contributed by atoms with Crippen LogP contribution in [0.4, 0.5) is 5.82 Å². The van der Waals surface area contributed by atoms with Crippen molar-refractivity contribution < 1.29 is 9.21 Å². The predicted molar refractivity (Wildman–Crippen MR) is 119 cm³/mol. The number of hydrogen-bond acceptors (Lipinski definition) is 6. The molecule has 0 radical (unpaired) electrons. The van der Waals surface area contributed by atoms with E-state index in [1.54, 1.807) is 10.6 Å². The van der Waals surface area contributed by atoms with E-state index in [2.05, 4.69) is 23.7 Å². The Labute approximate surface area is 181 Å². The number of rotatable bonds is 6. The molecule has 1 aromatic carbocycles. The minimum atomic E-state index is -0.372. The second-order valence-corrected chi connectivity index (χ2v) is 8.34. The van der Waals surface area contributed by atoms with Gasteiger partial charge in [-0.3, -0.25) is 9.36 Å². The number of para-hydroxylation sites is 2. The smallest absolute Gasteiger partial charge is 0.408 e. The third-order valence-corrected chi connectivity index (χ3v) is 5.68. The number of anilines is 1. The first-order chi connectivity index (χ1) is 14.9. The number of nitrogens with zero attached hydrogens (tertiary/aromatic N) is 5. The first-order valence-electron chi connectivity index (χ1n) is 10.9. The topological polar surface area (TPSA) is 84.5 Å². The molecule has 2 aromatic heterocycles. The van der Waals surface area contributed by atoms with Gasteiger partial charge in [-0.2, -0.15) is 0 Å². The van der Waals surface area contributed by atoms with Crippen molar-refractivity contribution in [3.63, 3.8) is 0 Å². The molecule has 8 heteroatoms. The van der Waals surface area contributed by atoms with Crippen LogP contribution in [0.2, 0.25) is 0 Å². The molecule has 0 bridgehead atoms. The van der Waals surface area contributed by atoms with Gasteiger partial charge >= 0.3 is 5.76 Å². The van der Waals surface area contributed by atoms with E-state index in [0.29, 0.717) is 38.1 Å². The minimum absolute atomic E-state index is 0.127. The molecule has 1 amide bonds. The average molecular weight is 424 g/mol. The van der Waals surface area contributed by atoms with Gasteiger partial charge in [-0.15, -0.1) is 0 Å². The maximum Gasteiger partial charge on any atom is 0.419 e. The Hall–Kier alpha value is -3.16. The molecule has 1 saturated heterocycles. The zero-order valence-electron chi connectivity index (χ0n) is 18.4. The van der Waals surface area contributed by atoms with E-state index in [-0.39, 0.29) is 17.6 Å². The van der Waals surface area contributed by atoms with Crippen molar-refractivity contribution in [1.29, 1.82) is 0 Å². The van der Waals surface area contributed by atoms with Crippen LogP contribution in [0.15, 0.2) is 39.5 Å². The number of carbonyl (C=O) groups excluding carboxylic acids is 1. The summed E-state index contributed by atoms with van der Waals surface area (Å²) in [6.07, 6.45) is 1.02. The van der Waals surface area contributed by atoms with E-state index < -0.39 is 0 Å². The van der Waals surface area contributed by atoms with Crippen LogP contribution < -0.4 is 10.7 Å². The van der Waals surface area contributed by atoms with Gasteiger partial charge in [-0.1, -0.05) is 26.0 Å². The summed E-state index contributed by atoms with van der Waals surface area (Å²) in [5.41, 5.74) is 2.32. The zero-order valence-corrected chi connectivity index (χ0v) is 18.4. The number of aryl methyl sites for hydroxylation is 2. The second-order valence-electron chi connectivity index (χ2n) is 8.34. The average Bonchev–Trinajstić information content (AvgIpc) is 3.08. The van der Waals surface area contributed by atoms with Crippen LogP contribution in [-0.4, -0.2) is 51.5 Å². The lowest BCUT2D eigenvalue weighted by Crippen LogP contribution is -2.49. The lowest BCUT2D eigenvalue weighted by molar-refractivity contribution is -0.131. The summed E-state index contributed by atoms with van der Waals surface area (Å²) >= 11 is 0. The standard InChI is InChI=1S/C23H29N5O3/c1-16(2)22-24-17(3)15-20(25-22)26-11-13-27(14-12-26)21(29)9-6-10-28-18-7-4-5-8-19(18)31-23(28)30/h4-5,7-8,15-16H,6,9-14H2,1-3H3. The molecule has 0 aliphatic carbocycles. The largest absolute Gasteiger partial charge is 0.419 e. The van der Waals surface area contributed by atoms with Crippen LogP contribution in [0.3, 0.4) is 0 Å². The summed E-state index contributed by atoms with van der Waals surface area (Å²) in [5, 5.41) is 0. The molecule has 8 nitrogen and oxygen atoms in total. The highest BCUT2D eigenvalue weighted by molar-refractivity contribution is 5.76. The number of piperazine rings is 1. The van der Waals surface area contributed by atoms with Gasteiger partial charge in [0.1, 0.15) is 11.6 Å². The maximum absolute atomic E-state index is 12.7. The Morgan fingerprint density at radius 2 is 1.87 bits per heavy atom. The summed E-state index contributed by atoms with van der Waals surface area (Å²) in [7, 11) is 0. The van der Waals surface area contributed by atoms with Crippen LogP contribution in [0.5, 0.6) is 0 Å². The molecule has 0 N–H and O–H groups in total. The van der Waals surface area contributed by atoms with Crippen LogP contribution in [-0.2, 0) is 11.3 Å². The number of oxazole rings is 1. The first kappa shape index (κ1) is 21.1. The lowest BCUT2D eigenvalue weighted by Gasteiger charge is -2.35. The Bertz CT molecular complexity index is 1130. The van der Waals surface area contributed by atoms with Crippen molar-refractivity contribution in [2.45, 2.75) is 46.1 Å². The zero-order chi connectivity index (χ0) is 22.0. The van der Waals surface area contributed by atoms with Crippen molar-refractivity contribution in [2.75, 3.05) is 31.1 Å². The van der Waals surface area contributed by atoms with Crippen molar-refractivity contribution in [2.24, 2.45) is 0 Å². The van der Waals surface area contributed by atoms with Gasteiger partial charge in [-0.25, -0.2) is 14.8 Å². The van der Waals surface area contributed by atoms with Gasteiger partial charge in [0.25, 0.3) is 0 Å². The fourth-order valence-electron chi connectivity index (χ4n) is 3.95. The van der Waals surface area contributed by atoms with E-state index in [9.17, 15) is 9.59 Å². The van der Waals surface area contributed by atoms with E-state index >= 15 is 0 Å². The monoisotopic (exact) mass is 423 g/mol. The Balaban J connectivity index is 1.31. The van der Waals surface area contributed by atoms with Crippen molar-refractivity contribution >= 4 is 22.8 Å². The Kier molecular flexibility index (Phi) is 6.06. The fourth-order valence-corrected chi connectivity index (χ4v) is 3.95. The molecule has 4 rings (SSSR count). The Morgan fingerprint density at radius 1 is 1.13 bits per heavy atom. The predicted octanol–water partition coefficient (Wildman–Crippen LogP) is 2.95. The van der Waals surface area contributed by atoms with Gasteiger partial charge in [0, 0.05) is 56.8 Å². The molecule has 3 aromatic rings. The number of amides is 1. The highest BCUT2D eigenvalue weighted by Crippen LogP contribution is 2.19. The molecule has 1 aliphatic rings. The minimum Gasteiger partial charge on any atom is -0.408 e. The SMILES string of the molecule is Cc1cc(N2CCN(C(=O)CCCn3c(=O)oc4ccccc43)CC2)nc(C(C)C)n1. The molecule has 31 heavy (non-hydrogen) atoms. The van der Waals surface area contributed by atoms with E-state index in [4.69, 9.17) is 9.40 Å². The second kappa shape index (κ2) is 8.91. The van der Waals surface area contributed by atoms with Gasteiger partial charge in [0.05, 0.1) is 5.52 Å². The van der Waals surface area contributed by atoms with E-state index in [1.165, 1.54) is 0 Å². The van der Waals surface area contributed by atoms with Crippen LogP contribution >= 0.6 is 0 Å². The number of fused-ring (bicyclic) bond motifs is 1. The maximum atomic E-state index is 12.7. The van der Waals surface area contributed by atoms with Crippen molar-refractivity contribution in [3.05, 3.63) is 52.4 Å². The van der Waals surface area contributed by atoms with Crippen LogP contribution in [0.25, 0.3) is 11.1 Å². The van der Waals surface area contributed by atoms with Gasteiger partial charge in [-0.05, 0) is 25.5 Å². The summed E-state index contributed by atoms with van der Waals surface area (Å²) in [6.45, 7) is 9.51. The number of aromatic nitrogens is 3. The van der Waals surface area contributed by atoms with Crippen LogP contribution in [0, 0.1) is 6.92 Å². The normalized spacial score (nSPS) is 14.6. The molecule has 0 saturated carbocycles. The highest BCUT2D eigenvalue weighted by Gasteiger charge is 2.22. The summed E-state index contributed by atoms with van der Waals surface area (Å²) in [6, 6.07) is 9.37. The molecule has 0 unspecified atom stereocenters. The van der Waals surface area contributed by atoms with Gasteiger partial charge in [0.15, 0.2) is 5.58 Å².